The SMILES string of the molecule is CCNc1cc(C(=O)NC(CC)CSC)ccn1. The average Bonchev–Trinajstić information content (AvgIpc) is 2.39. The Morgan fingerprint density at radius 1 is 1.50 bits per heavy atom. The lowest BCUT2D eigenvalue weighted by atomic mass is 10.2. The molecule has 100 valence electrons. The summed E-state index contributed by atoms with van der Waals surface area (Å²) in [4.78, 5) is 16.2. The number of amides is 1. The van der Waals surface area contributed by atoms with Crippen LogP contribution in [0.1, 0.15) is 30.6 Å². The van der Waals surface area contributed by atoms with Crippen LogP contribution in [0.4, 0.5) is 5.82 Å². The van der Waals surface area contributed by atoms with Gasteiger partial charge in [-0.3, -0.25) is 4.79 Å². The van der Waals surface area contributed by atoms with Crippen molar-refractivity contribution in [2.45, 2.75) is 26.3 Å². The minimum atomic E-state index is -0.0301. The topological polar surface area (TPSA) is 54.0 Å². The molecule has 1 aromatic rings. The third-order valence-electron chi connectivity index (χ3n) is 2.58. The average molecular weight is 267 g/mol. The number of rotatable bonds is 7. The van der Waals surface area contributed by atoms with E-state index in [2.05, 4.69) is 22.5 Å². The molecule has 1 heterocycles. The van der Waals surface area contributed by atoms with Crippen LogP contribution in [0, 0.1) is 0 Å². The fraction of sp³-hybridized carbons (Fsp3) is 0.538. The number of pyridine rings is 1. The van der Waals surface area contributed by atoms with E-state index < -0.39 is 0 Å². The van der Waals surface area contributed by atoms with Gasteiger partial charge in [-0.15, -0.1) is 0 Å². The summed E-state index contributed by atoms with van der Waals surface area (Å²) in [5.74, 6) is 1.65. The Morgan fingerprint density at radius 2 is 2.28 bits per heavy atom. The van der Waals surface area contributed by atoms with Crippen molar-refractivity contribution >= 4 is 23.5 Å². The van der Waals surface area contributed by atoms with Crippen LogP contribution in [-0.4, -0.2) is 35.5 Å². The second kappa shape index (κ2) is 7.97. The van der Waals surface area contributed by atoms with E-state index in [0.29, 0.717) is 5.56 Å². The highest BCUT2D eigenvalue weighted by Crippen LogP contribution is 2.08. The number of carbonyl (C=O) groups is 1. The standard InChI is InChI=1S/C13H21N3OS/c1-4-11(9-18-3)16-13(17)10-6-7-15-12(8-10)14-5-2/h6-8,11H,4-5,9H2,1-3H3,(H,14,15)(H,16,17). The number of aromatic nitrogens is 1. The summed E-state index contributed by atoms with van der Waals surface area (Å²) in [5, 5.41) is 6.14. The van der Waals surface area contributed by atoms with Crippen LogP contribution in [-0.2, 0) is 0 Å². The monoisotopic (exact) mass is 267 g/mol. The van der Waals surface area contributed by atoms with Crippen LogP contribution in [0.5, 0.6) is 0 Å². The van der Waals surface area contributed by atoms with Gasteiger partial charge in [0.2, 0.25) is 0 Å². The van der Waals surface area contributed by atoms with Crippen molar-refractivity contribution in [1.29, 1.82) is 0 Å². The van der Waals surface area contributed by atoms with Crippen molar-refractivity contribution in [2.75, 3.05) is 23.9 Å². The van der Waals surface area contributed by atoms with Crippen molar-refractivity contribution in [3.8, 4) is 0 Å². The second-order valence-corrected chi connectivity index (χ2v) is 4.90. The van der Waals surface area contributed by atoms with Crippen molar-refractivity contribution in [3.05, 3.63) is 23.9 Å². The largest absolute Gasteiger partial charge is 0.370 e. The molecule has 18 heavy (non-hydrogen) atoms. The fourth-order valence-electron chi connectivity index (χ4n) is 1.58. The smallest absolute Gasteiger partial charge is 0.251 e. The van der Waals surface area contributed by atoms with Gasteiger partial charge < -0.3 is 10.6 Å². The second-order valence-electron chi connectivity index (χ2n) is 3.99. The Balaban J connectivity index is 2.68. The van der Waals surface area contributed by atoms with Gasteiger partial charge in [-0.2, -0.15) is 11.8 Å². The maximum atomic E-state index is 12.1. The molecule has 1 amide bonds. The Morgan fingerprint density at radius 3 is 2.89 bits per heavy atom. The van der Waals surface area contributed by atoms with Crippen LogP contribution in [0.2, 0.25) is 0 Å². The Kier molecular flexibility index (Phi) is 6.57. The van der Waals surface area contributed by atoms with Gasteiger partial charge in [0.05, 0.1) is 0 Å². The van der Waals surface area contributed by atoms with E-state index in [9.17, 15) is 4.79 Å². The van der Waals surface area contributed by atoms with Gasteiger partial charge in [-0.1, -0.05) is 6.92 Å². The van der Waals surface area contributed by atoms with Crippen molar-refractivity contribution in [1.82, 2.24) is 10.3 Å². The maximum Gasteiger partial charge on any atom is 0.251 e. The predicted octanol–water partition coefficient (Wildman–Crippen LogP) is 2.38. The lowest BCUT2D eigenvalue weighted by Gasteiger charge is -2.15. The molecule has 0 aliphatic rings. The first-order valence-electron chi connectivity index (χ1n) is 6.21. The van der Waals surface area contributed by atoms with Crippen LogP contribution in [0.15, 0.2) is 18.3 Å². The molecule has 1 atom stereocenters. The first-order chi connectivity index (χ1) is 8.71. The number of nitrogens with zero attached hydrogens (tertiary/aromatic N) is 1. The quantitative estimate of drug-likeness (QED) is 0.796. The Hall–Kier alpha value is -1.23. The molecule has 5 heteroatoms. The number of hydrogen-bond acceptors (Lipinski definition) is 4. The molecule has 0 saturated carbocycles. The molecule has 0 saturated heterocycles. The van der Waals surface area contributed by atoms with Gasteiger partial charge in [0.25, 0.3) is 5.91 Å². The first kappa shape index (κ1) is 14.8. The van der Waals surface area contributed by atoms with Crippen LogP contribution >= 0.6 is 11.8 Å². The summed E-state index contributed by atoms with van der Waals surface area (Å²) in [6.45, 7) is 4.87. The molecule has 2 N–H and O–H groups in total. The van der Waals surface area contributed by atoms with Crippen LogP contribution in [0.25, 0.3) is 0 Å². The van der Waals surface area contributed by atoms with Gasteiger partial charge in [-0.05, 0) is 31.7 Å². The lowest BCUT2D eigenvalue weighted by Crippen LogP contribution is -2.36. The van der Waals surface area contributed by atoms with Crippen molar-refractivity contribution in [2.24, 2.45) is 0 Å². The molecule has 4 nitrogen and oxygen atoms in total. The Bertz CT molecular complexity index is 384. The highest BCUT2D eigenvalue weighted by molar-refractivity contribution is 7.98. The molecular formula is C13H21N3OS. The molecule has 1 aromatic heterocycles. The molecule has 1 unspecified atom stereocenters. The third-order valence-corrected chi connectivity index (χ3v) is 3.31. The van der Waals surface area contributed by atoms with E-state index in [1.807, 2.05) is 13.2 Å². The summed E-state index contributed by atoms with van der Waals surface area (Å²) in [5.41, 5.74) is 0.653. The van der Waals surface area contributed by atoms with Crippen LogP contribution < -0.4 is 10.6 Å². The molecule has 0 bridgehead atoms. The first-order valence-corrected chi connectivity index (χ1v) is 7.60. The molecule has 0 aromatic carbocycles. The number of carbonyl (C=O) groups excluding carboxylic acids is 1. The molecule has 0 fully saturated rings. The number of anilines is 1. The van der Waals surface area contributed by atoms with E-state index >= 15 is 0 Å². The number of nitrogens with one attached hydrogen (secondary N) is 2. The molecule has 1 rings (SSSR count). The third kappa shape index (κ3) is 4.56. The molecule has 0 radical (unpaired) electrons. The zero-order valence-electron chi connectivity index (χ0n) is 11.2. The van der Waals surface area contributed by atoms with Gasteiger partial charge in [-0.25, -0.2) is 4.98 Å². The summed E-state index contributed by atoms with van der Waals surface area (Å²) >= 11 is 1.74. The number of hydrogen-bond donors (Lipinski definition) is 2. The normalized spacial score (nSPS) is 11.9. The summed E-state index contributed by atoms with van der Waals surface area (Å²) in [7, 11) is 0. The van der Waals surface area contributed by atoms with Gasteiger partial charge in [0.15, 0.2) is 0 Å². The molecule has 0 spiro atoms. The maximum absolute atomic E-state index is 12.1. The minimum Gasteiger partial charge on any atom is -0.370 e. The van der Waals surface area contributed by atoms with Gasteiger partial charge in [0, 0.05) is 30.1 Å². The predicted molar refractivity (Wildman–Crippen MR) is 78.3 cm³/mol. The molecular weight excluding hydrogens is 246 g/mol. The lowest BCUT2D eigenvalue weighted by molar-refractivity contribution is 0.0940. The Labute approximate surface area is 113 Å². The van der Waals surface area contributed by atoms with E-state index in [1.165, 1.54) is 0 Å². The van der Waals surface area contributed by atoms with Gasteiger partial charge >= 0.3 is 0 Å². The molecule has 0 aliphatic heterocycles. The van der Waals surface area contributed by atoms with Crippen molar-refractivity contribution < 1.29 is 4.79 Å². The van der Waals surface area contributed by atoms with Crippen LogP contribution in [0.3, 0.4) is 0 Å². The minimum absolute atomic E-state index is 0.0301. The molecule has 0 aliphatic carbocycles. The van der Waals surface area contributed by atoms with E-state index in [0.717, 1.165) is 24.5 Å². The fourth-order valence-corrected chi connectivity index (χ4v) is 2.30. The van der Waals surface area contributed by atoms with Gasteiger partial charge in [0.1, 0.15) is 5.82 Å². The zero-order chi connectivity index (χ0) is 13.4. The summed E-state index contributed by atoms with van der Waals surface area (Å²) in [6, 6.07) is 3.75. The highest BCUT2D eigenvalue weighted by atomic mass is 32.2. The summed E-state index contributed by atoms with van der Waals surface area (Å²) < 4.78 is 0. The zero-order valence-corrected chi connectivity index (χ0v) is 12.0. The number of thioether (sulfide) groups is 1. The van der Waals surface area contributed by atoms with Crippen molar-refractivity contribution in [3.63, 3.8) is 0 Å². The van der Waals surface area contributed by atoms with E-state index in [4.69, 9.17) is 0 Å². The van der Waals surface area contributed by atoms with E-state index in [1.54, 1.807) is 30.1 Å². The highest BCUT2D eigenvalue weighted by Gasteiger charge is 2.12. The summed E-state index contributed by atoms with van der Waals surface area (Å²) in [6.07, 6.45) is 4.64. The van der Waals surface area contributed by atoms with E-state index in [-0.39, 0.29) is 11.9 Å².